The largest absolute Gasteiger partial charge is 0.264 e. The average Bonchev–Trinajstić information content (AvgIpc) is 2.31. The van der Waals surface area contributed by atoms with Gasteiger partial charge in [0.1, 0.15) is 11.0 Å². The first-order valence-electron chi connectivity index (χ1n) is 3.50. The summed E-state index contributed by atoms with van der Waals surface area (Å²) in [6.45, 7) is 1.97. The zero-order valence-corrected chi connectivity index (χ0v) is 8.90. The Hall–Kier alpha value is -0.720. The zero-order valence-electron chi connectivity index (χ0n) is 6.74. The van der Waals surface area contributed by atoms with Crippen LogP contribution in [-0.2, 0) is 7.05 Å². The molecule has 2 aromatic rings. The third kappa shape index (κ3) is 1.08. The lowest BCUT2D eigenvalue weighted by Crippen LogP contribution is -1.96. The zero-order chi connectivity index (χ0) is 8.72. The van der Waals surface area contributed by atoms with Crippen molar-refractivity contribution in [3.05, 3.63) is 15.7 Å². The molecule has 0 atom stereocenters. The number of nitrogens with zero attached hydrogens (tertiary/aromatic N) is 4. The van der Waals surface area contributed by atoms with Gasteiger partial charge in [0, 0.05) is 29.6 Å². The predicted molar refractivity (Wildman–Crippen MR) is 53.8 cm³/mol. The minimum absolute atomic E-state index is 0.769. The van der Waals surface area contributed by atoms with Crippen LogP contribution in [0.1, 0.15) is 5.69 Å². The van der Waals surface area contributed by atoms with Crippen molar-refractivity contribution < 1.29 is 0 Å². The Bertz CT molecular complexity index is 434. The van der Waals surface area contributed by atoms with Crippen molar-refractivity contribution >= 4 is 33.6 Å². The average molecular weight is 274 g/mol. The summed E-state index contributed by atoms with van der Waals surface area (Å²) in [5, 5.41) is 4.11. The van der Waals surface area contributed by atoms with E-state index in [0.717, 1.165) is 20.6 Å². The van der Waals surface area contributed by atoms with E-state index in [2.05, 4.69) is 37.7 Å². The maximum atomic E-state index is 4.25. The van der Waals surface area contributed by atoms with E-state index >= 15 is 0 Å². The number of aryl methyl sites for hydroxylation is 2. The lowest BCUT2D eigenvalue weighted by molar-refractivity contribution is 0.791. The topological polar surface area (TPSA) is 43.6 Å². The highest BCUT2D eigenvalue weighted by Crippen LogP contribution is 2.13. The number of fused-ring (bicyclic) bond motifs is 1. The molecule has 0 fully saturated rings. The molecule has 4 nitrogen and oxygen atoms in total. The molecule has 0 aliphatic heterocycles. The van der Waals surface area contributed by atoms with Crippen LogP contribution in [0.15, 0.2) is 6.20 Å². The fourth-order valence-electron chi connectivity index (χ4n) is 1.24. The molecule has 2 rings (SSSR count). The first-order valence-corrected chi connectivity index (χ1v) is 4.58. The predicted octanol–water partition coefficient (Wildman–Crippen LogP) is 1.28. The van der Waals surface area contributed by atoms with Gasteiger partial charge in [0.25, 0.3) is 0 Å². The molecular weight excluding hydrogens is 267 g/mol. The number of aromatic nitrogens is 4. The van der Waals surface area contributed by atoms with Crippen LogP contribution >= 0.6 is 22.6 Å². The Kier molecular flexibility index (Phi) is 1.75. The molecule has 0 aliphatic carbocycles. The lowest BCUT2D eigenvalue weighted by atomic mass is 10.3. The van der Waals surface area contributed by atoms with Gasteiger partial charge < -0.3 is 0 Å². The van der Waals surface area contributed by atoms with Crippen molar-refractivity contribution in [2.24, 2.45) is 7.05 Å². The summed E-state index contributed by atoms with van der Waals surface area (Å²) in [5.74, 6) is 0. The van der Waals surface area contributed by atoms with Gasteiger partial charge in [-0.25, -0.2) is 9.97 Å². The molecule has 0 radical (unpaired) electrons. The van der Waals surface area contributed by atoms with Crippen molar-refractivity contribution in [2.75, 3.05) is 0 Å². The third-order valence-electron chi connectivity index (χ3n) is 1.73. The van der Waals surface area contributed by atoms with Crippen LogP contribution in [-0.4, -0.2) is 19.7 Å². The summed E-state index contributed by atoms with van der Waals surface area (Å²) in [6, 6.07) is 0. The molecule has 12 heavy (non-hydrogen) atoms. The Morgan fingerprint density at radius 3 is 2.92 bits per heavy atom. The van der Waals surface area contributed by atoms with Crippen LogP contribution in [0, 0.1) is 10.8 Å². The molecule has 0 saturated heterocycles. The number of rotatable bonds is 0. The second-order valence-electron chi connectivity index (χ2n) is 2.58. The van der Waals surface area contributed by atoms with Gasteiger partial charge in [-0.05, 0) is 6.92 Å². The highest BCUT2D eigenvalue weighted by Gasteiger charge is 2.05. The second-order valence-corrected chi connectivity index (χ2v) is 3.54. The number of hydrogen-bond donors (Lipinski definition) is 0. The SMILES string of the molecule is Cc1nc(I)nc2cnn(C)c12. The summed E-state index contributed by atoms with van der Waals surface area (Å²) >= 11 is 2.10. The van der Waals surface area contributed by atoms with Gasteiger partial charge in [-0.2, -0.15) is 5.10 Å². The van der Waals surface area contributed by atoms with Gasteiger partial charge in [0.15, 0.2) is 3.83 Å². The quantitative estimate of drug-likeness (QED) is 0.537. The van der Waals surface area contributed by atoms with Crippen molar-refractivity contribution in [3.8, 4) is 0 Å². The maximum absolute atomic E-state index is 4.25. The second kappa shape index (κ2) is 2.65. The van der Waals surface area contributed by atoms with E-state index in [0.29, 0.717) is 0 Å². The van der Waals surface area contributed by atoms with Crippen molar-refractivity contribution in [3.63, 3.8) is 0 Å². The summed E-state index contributed by atoms with van der Waals surface area (Å²) in [5.41, 5.74) is 2.90. The highest BCUT2D eigenvalue weighted by atomic mass is 127. The van der Waals surface area contributed by atoms with E-state index in [1.54, 1.807) is 10.9 Å². The maximum Gasteiger partial charge on any atom is 0.191 e. The Morgan fingerprint density at radius 2 is 2.17 bits per heavy atom. The van der Waals surface area contributed by atoms with Gasteiger partial charge in [0.2, 0.25) is 0 Å². The molecule has 2 heterocycles. The van der Waals surface area contributed by atoms with Gasteiger partial charge in [-0.3, -0.25) is 4.68 Å². The molecule has 62 valence electrons. The van der Waals surface area contributed by atoms with Gasteiger partial charge >= 0.3 is 0 Å². The minimum atomic E-state index is 0.769. The standard InChI is InChI=1S/C7H7IN4/c1-4-6-5(3-9-12(6)2)11-7(8)10-4/h3H,1-2H3. The molecule has 0 saturated carbocycles. The molecule has 0 amide bonds. The smallest absolute Gasteiger partial charge is 0.191 e. The van der Waals surface area contributed by atoms with E-state index in [1.807, 2.05) is 14.0 Å². The molecule has 0 N–H and O–H groups in total. The number of hydrogen-bond acceptors (Lipinski definition) is 3. The van der Waals surface area contributed by atoms with Gasteiger partial charge in [-0.15, -0.1) is 0 Å². The monoisotopic (exact) mass is 274 g/mol. The fraction of sp³-hybridized carbons (Fsp3) is 0.286. The first kappa shape index (κ1) is 7.90. The minimum Gasteiger partial charge on any atom is -0.264 e. The van der Waals surface area contributed by atoms with E-state index in [9.17, 15) is 0 Å². The van der Waals surface area contributed by atoms with Crippen LogP contribution in [0.5, 0.6) is 0 Å². The van der Waals surface area contributed by atoms with E-state index < -0.39 is 0 Å². The lowest BCUT2D eigenvalue weighted by Gasteiger charge is -1.97. The van der Waals surface area contributed by atoms with Gasteiger partial charge in [0.05, 0.1) is 11.9 Å². The Balaban J connectivity index is 2.93. The Labute approximate surface area is 83.2 Å². The van der Waals surface area contributed by atoms with Crippen LogP contribution in [0.25, 0.3) is 11.0 Å². The number of halogens is 1. The van der Waals surface area contributed by atoms with Crippen molar-refractivity contribution in [1.82, 2.24) is 19.7 Å². The fourth-order valence-corrected chi connectivity index (χ4v) is 1.86. The van der Waals surface area contributed by atoms with Crippen molar-refractivity contribution in [1.29, 1.82) is 0 Å². The van der Waals surface area contributed by atoms with E-state index in [1.165, 1.54) is 0 Å². The van der Waals surface area contributed by atoms with Crippen LogP contribution in [0.3, 0.4) is 0 Å². The molecule has 0 aliphatic rings. The molecule has 0 aromatic carbocycles. The summed E-state index contributed by atoms with van der Waals surface area (Å²) in [6.07, 6.45) is 1.76. The molecule has 5 heteroatoms. The van der Waals surface area contributed by atoms with Crippen LogP contribution in [0.2, 0.25) is 0 Å². The highest BCUT2D eigenvalue weighted by molar-refractivity contribution is 14.1. The molecule has 0 unspecified atom stereocenters. The summed E-state index contributed by atoms with van der Waals surface area (Å²) in [7, 11) is 1.89. The molecule has 0 spiro atoms. The summed E-state index contributed by atoms with van der Waals surface area (Å²) < 4.78 is 2.56. The molecular formula is C7H7IN4. The summed E-state index contributed by atoms with van der Waals surface area (Å²) in [4.78, 5) is 8.50. The van der Waals surface area contributed by atoms with Crippen molar-refractivity contribution in [2.45, 2.75) is 6.92 Å². The molecule has 0 bridgehead atoms. The van der Waals surface area contributed by atoms with Crippen LogP contribution < -0.4 is 0 Å². The third-order valence-corrected chi connectivity index (χ3v) is 2.22. The Morgan fingerprint density at radius 1 is 1.42 bits per heavy atom. The van der Waals surface area contributed by atoms with Crippen LogP contribution in [0.4, 0.5) is 0 Å². The van der Waals surface area contributed by atoms with Gasteiger partial charge in [-0.1, -0.05) is 0 Å². The molecule has 2 aromatic heterocycles. The first-order chi connectivity index (χ1) is 5.68. The van der Waals surface area contributed by atoms with E-state index in [-0.39, 0.29) is 0 Å². The van der Waals surface area contributed by atoms with E-state index in [4.69, 9.17) is 0 Å². The normalized spacial score (nSPS) is 10.9.